The second-order valence-corrected chi connectivity index (χ2v) is 6.42. The molecule has 1 aliphatic heterocycles. The predicted molar refractivity (Wildman–Crippen MR) is 97.3 cm³/mol. The Morgan fingerprint density at radius 2 is 2.00 bits per heavy atom. The second-order valence-electron chi connectivity index (χ2n) is 6.42. The van der Waals surface area contributed by atoms with E-state index in [9.17, 15) is 9.59 Å². The molecular weight excluding hydrogens is 320 g/mol. The quantitative estimate of drug-likeness (QED) is 0.731. The van der Waals surface area contributed by atoms with Crippen LogP contribution < -0.4 is 21.5 Å². The number of nitrogens with zero attached hydrogens (tertiary/aromatic N) is 4. The molecule has 1 aliphatic rings. The molecule has 1 fully saturated rings. The highest BCUT2D eigenvalue weighted by atomic mass is 16.2. The number of fused-ring (bicyclic) bond motifs is 1. The number of anilines is 2. The highest BCUT2D eigenvalue weighted by Gasteiger charge is 2.25. The maximum Gasteiger partial charge on any atom is 0.332 e. The third-order valence-corrected chi connectivity index (χ3v) is 4.74. The van der Waals surface area contributed by atoms with Crippen LogP contribution in [-0.4, -0.2) is 38.2 Å². The minimum atomic E-state index is -0.309. The third kappa shape index (κ3) is 2.69. The van der Waals surface area contributed by atoms with E-state index in [1.807, 2.05) is 24.3 Å². The smallest absolute Gasteiger partial charge is 0.332 e. The first-order valence-electron chi connectivity index (χ1n) is 8.26. The average molecular weight is 340 g/mol. The summed E-state index contributed by atoms with van der Waals surface area (Å²) in [5.74, 6) is 1.40. The van der Waals surface area contributed by atoms with Gasteiger partial charge in [-0.2, -0.15) is 0 Å². The fourth-order valence-corrected chi connectivity index (χ4v) is 3.33. The molecule has 0 saturated carbocycles. The van der Waals surface area contributed by atoms with Crippen molar-refractivity contribution in [1.82, 2.24) is 19.1 Å². The Kier molecular flexibility index (Phi) is 3.60. The molecule has 8 heteroatoms. The molecule has 0 unspecified atom stereocenters. The maximum atomic E-state index is 12.1. The van der Waals surface area contributed by atoms with E-state index in [1.165, 1.54) is 17.7 Å². The van der Waals surface area contributed by atoms with Crippen LogP contribution >= 0.6 is 0 Å². The van der Waals surface area contributed by atoms with E-state index in [2.05, 4.69) is 20.2 Å². The summed E-state index contributed by atoms with van der Waals surface area (Å²) in [5, 5.41) is 3.41. The molecule has 4 rings (SSSR count). The van der Waals surface area contributed by atoms with Crippen molar-refractivity contribution in [3.8, 4) is 0 Å². The van der Waals surface area contributed by atoms with Crippen LogP contribution in [0.25, 0.3) is 11.0 Å². The lowest BCUT2D eigenvalue weighted by Gasteiger charge is -2.21. The SMILES string of the molecule is Cn1c(N2CC[C@@H](Nc3nc4ccccc4[nH]3)C2)cc(=O)n(C)c1=O. The van der Waals surface area contributed by atoms with E-state index in [4.69, 9.17) is 0 Å². The molecule has 0 spiro atoms. The van der Waals surface area contributed by atoms with Crippen molar-refractivity contribution in [2.24, 2.45) is 14.1 Å². The molecule has 2 N–H and O–H groups in total. The van der Waals surface area contributed by atoms with Crippen LogP contribution in [-0.2, 0) is 14.1 Å². The van der Waals surface area contributed by atoms with Gasteiger partial charge in [0.1, 0.15) is 5.82 Å². The van der Waals surface area contributed by atoms with E-state index in [0.29, 0.717) is 12.4 Å². The number of para-hydroxylation sites is 2. The lowest BCUT2D eigenvalue weighted by atomic mass is 10.3. The van der Waals surface area contributed by atoms with Crippen LogP contribution in [0.4, 0.5) is 11.8 Å². The molecule has 3 aromatic rings. The number of rotatable bonds is 3. The Morgan fingerprint density at radius 3 is 2.80 bits per heavy atom. The van der Waals surface area contributed by atoms with Crippen molar-refractivity contribution >= 4 is 22.8 Å². The summed E-state index contributed by atoms with van der Waals surface area (Å²) in [7, 11) is 3.18. The molecule has 8 nitrogen and oxygen atoms in total. The first-order chi connectivity index (χ1) is 12.0. The Labute approximate surface area is 143 Å². The van der Waals surface area contributed by atoms with Crippen LogP contribution in [0.3, 0.4) is 0 Å². The fraction of sp³-hybridized carbons (Fsp3) is 0.353. The maximum absolute atomic E-state index is 12.1. The minimum absolute atomic E-state index is 0.194. The Balaban J connectivity index is 1.54. The lowest BCUT2D eigenvalue weighted by molar-refractivity contribution is 0.672. The highest BCUT2D eigenvalue weighted by molar-refractivity contribution is 5.77. The average Bonchev–Trinajstić information content (AvgIpc) is 3.22. The lowest BCUT2D eigenvalue weighted by Crippen LogP contribution is -2.40. The van der Waals surface area contributed by atoms with Gasteiger partial charge in [0.15, 0.2) is 0 Å². The summed E-state index contributed by atoms with van der Waals surface area (Å²) in [6, 6.07) is 9.60. The van der Waals surface area contributed by atoms with Crippen molar-refractivity contribution in [1.29, 1.82) is 0 Å². The van der Waals surface area contributed by atoms with E-state index in [1.54, 1.807) is 7.05 Å². The number of hydrogen-bond donors (Lipinski definition) is 2. The Morgan fingerprint density at radius 1 is 1.20 bits per heavy atom. The van der Waals surface area contributed by atoms with Gasteiger partial charge in [0.05, 0.1) is 11.0 Å². The predicted octanol–water partition coefficient (Wildman–Crippen LogP) is 0.651. The van der Waals surface area contributed by atoms with E-state index < -0.39 is 0 Å². The van der Waals surface area contributed by atoms with Crippen molar-refractivity contribution in [3.05, 3.63) is 51.2 Å². The van der Waals surface area contributed by atoms with Gasteiger partial charge in [-0.15, -0.1) is 0 Å². The van der Waals surface area contributed by atoms with Gasteiger partial charge in [0.25, 0.3) is 5.56 Å². The summed E-state index contributed by atoms with van der Waals surface area (Å²) in [5.41, 5.74) is 1.32. The topological polar surface area (TPSA) is 87.9 Å². The summed E-state index contributed by atoms with van der Waals surface area (Å²) in [4.78, 5) is 33.9. The van der Waals surface area contributed by atoms with Gasteiger partial charge in [-0.25, -0.2) is 9.78 Å². The third-order valence-electron chi connectivity index (χ3n) is 4.74. The van der Waals surface area contributed by atoms with Crippen molar-refractivity contribution in [2.75, 3.05) is 23.3 Å². The molecule has 2 aromatic heterocycles. The molecule has 0 amide bonds. The molecule has 0 radical (unpaired) electrons. The molecule has 0 bridgehead atoms. The summed E-state index contributed by atoms with van der Waals surface area (Å²) >= 11 is 0. The van der Waals surface area contributed by atoms with Crippen LogP contribution in [0, 0.1) is 0 Å². The van der Waals surface area contributed by atoms with E-state index in [-0.39, 0.29) is 17.3 Å². The van der Waals surface area contributed by atoms with Gasteiger partial charge in [-0.3, -0.25) is 13.9 Å². The zero-order chi connectivity index (χ0) is 17.6. The fourth-order valence-electron chi connectivity index (χ4n) is 3.33. The van der Waals surface area contributed by atoms with Crippen molar-refractivity contribution in [2.45, 2.75) is 12.5 Å². The molecule has 1 atom stereocenters. The van der Waals surface area contributed by atoms with Crippen LogP contribution in [0.5, 0.6) is 0 Å². The van der Waals surface area contributed by atoms with Gasteiger partial charge < -0.3 is 15.2 Å². The molecule has 3 heterocycles. The molecule has 25 heavy (non-hydrogen) atoms. The number of aromatic amines is 1. The van der Waals surface area contributed by atoms with Crippen molar-refractivity contribution in [3.63, 3.8) is 0 Å². The van der Waals surface area contributed by atoms with Crippen LogP contribution in [0.2, 0.25) is 0 Å². The number of hydrogen-bond acceptors (Lipinski definition) is 5. The molecule has 130 valence electrons. The first kappa shape index (κ1) is 15.5. The van der Waals surface area contributed by atoms with Crippen LogP contribution in [0.1, 0.15) is 6.42 Å². The first-order valence-corrected chi connectivity index (χ1v) is 8.26. The van der Waals surface area contributed by atoms with E-state index in [0.717, 1.165) is 34.5 Å². The number of benzene rings is 1. The number of aromatic nitrogens is 4. The van der Waals surface area contributed by atoms with Gasteiger partial charge in [0, 0.05) is 39.3 Å². The zero-order valence-electron chi connectivity index (χ0n) is 14.2. The monoisotopic (exact) mass is 340 g/mol. The summed E-state index contributed by atoms with van der Waals surface area (Å²) in [6.07, 6.45) is 0.903. The zero-order valence-corrected chi connectivity index (χ0v) is 14.2. The molecular formula is C17H20N6O2. The number of imidazole rings is 1. The molecule has 0 aliphatic carbocycles. The minimum Gasteiger partial charge on any atom is -0.356 e. The van der Waals surface area contributed by atoms with Crippen LogP contribution in [0.15, 0.2) is 39.9 Å². The normalized spacial score (nSPS) is 17.4. The number of nitrogens with one attached hydrogen (secondary N) is 2. The van der Waals surface area contributed by atoms with Gasteiger partial charge in [0.2, 0.25) is 5.95 Å². The Hall–Kier alpha value is -3.03. The largest absolute Gasteiger partial charge is 0.356 e. The van der Waals surface area contributed by atoms with Gasteiger partial charge in [-0.1, -0.05) is 12.1 Å². The highest BCUT2D eigenvalue weighted by Crippen LogP contribution is 2.21. The second kappa shape index (κ2) is 5.80. The molecule has 1 aromatic carbocycles. The van der Waals surface area contributed by atoms with Gasteiger partial charge in [-0.05, 0) is 18.6 Å². The summed E-state index contributed by atoms with van der Waals surface area (Å²) < 4.78 is 2.63. The van der Waals surface area contributed by atoms with Crippen molar-refractivity contribution < 1.29 is 0 Å². The molecule has 1 saturated heterocycles. The summed E-state index contributed by atoms with van der Waals surface area (Å²) in [6.45, 7) is 1.48. The Bertz CT molecular complexity index is 1010. The van der Waals surface area contributed by atoms with Gasteiger partial charge >= 0.3 is 5.69 Å². The van der Waals surface area contributed by atoms with E-state index >= 15 is 0 Å². The number of H-pyrrole nitrogens is 1. The standard InChI is InChI=1S/C17H20N6O2/c1-21-14(9-15(24)22(2)17(21)25)23-8-7-11(10-23)18-16-19-12-5-3-4-6-13(12)20-16/h3-6,9,11H,7-8,10H2,1-2H3,(H2,18,19,20)/t11-/m1/s1.